The Hall–Kier alpha value is -0.940. The van der Waals surface area contributed by atoms with Crippen LogP contribution in [0.15, 0.2) is 12.4 Å². The van der Waals surface area contributed by atoms with E-state index in [4.69, 9.17) is 0 Å². The van der Waals surface area contributed by atoms with Crippen molar-refractivity contribution in [3.05, 3.63) is 12.4 Å². The molecule has 2 heterocycles. The summed E-state index contributed by atoms with van der Waals surface area (Å²) in [6.07, 6.45) is 7.44. The number of likely N-dealkylation sites (N-methyl/N-ethyl adjacent to an activating group) is 1. The highest BCUT2D eigenvalue weighted by molar-refractivity contribution is 4.76. The molecule has 1 N–H and O–H groups in total. The van der Waals surface area contributed by atoms with E-state index in [-0.39, 0.29) is 0 Å². The third-order valence-corrected chi connectivity index (χ3v) is 3.25. The van der Waals surface area contributed by atoms with Crippen molar-refractivity contribution in [3.8, 4) is 0 Å². The smallest absolute Gasteiger partial charge is 0.0692 e. The quantitative estimate of drug-likeness (QED) is 0.782. The van der Waals surface area contributed by atoms with Crippen LogP contribution in [0.3, 0.4) is 0 Å². The molecule has 1 aromatic heterocycles. The highest BCUT2D eigenvalue weighted by Gasteiger charge is 2.17. The third-order valence-electron chi connectivity index (χ3n) is 3.25. The van der Waals surface area contributed by atoms with Crippen molar-refractivity contribution in [1.29, 1.82) is 0 Å². The Morgan fingerprint density at radius 1 is 1.44 bits per heavy atom. The van der Waals surface area contributed by atoms with E-state index in [1.54, 1.807) is 6.20 Å². The molecule has 1 atom stereocenters. The molecule has 5 nitrogen and oxygen atoms in total. The normalized spacial score (nSPS) is 22.4. The monoisotopic (exact) mass is 223 g/mol. The number of aromatic nitrogens is 3. The van der Waals surface area contributed by atoms with Crippen LogP contribution in [0.5, 0.6) is 0 Å². The summed E-state index contributed by atoms with van der Waals surface area (Å²) >= 11 is 0. The molecule has 0 aromatic carbocycles. The van der Waals surface area contributed by atoms with Crippen LogP contribution in [0.25, 0.3) is 0 Å². The van der Waals surface area contributed by atoms with Crippen LogP contribution < -0.4 is 5.32 Å². The fourth-order valence-electron chi connectivity index (χ4n) is 2.30. The van der Waals surface area contributed by atoms with Gasteiger partial charge in [0.1, 0.15) is 0 Å². The molecule has 0 saturated carbocycles. The zero-order chi connectivity index (χ0) is 11.2. The molecule has 1 aliphatic heterocycles. The number of aryl methyl sites for hydroxylation is 1. The standard InChI is InChI=1S/C11H21N5/c1-12-11-4-2-6-15(10-11)7-3-8-16-9-5-13-14-16/h5,9,11-12H,2-4,6-8,10H2,1H3. The first-order valence-corrected chi connectivity index (χ1v) is 6.12. The van der Waals surface area contributed by atoms with E-state index in [1.807, 2.05) is 10.9 Å². The molecular weight excluding hydrogens is 202 g/mol. The summed E-state index contributed by atoms with van der Waals surface area (Å²) < 4.78 is 1.90. The second-order valence-electron chi connectivity index (χ2n) is 4.45. The van der Waals surface area contributed by atoms with Gasteiger partial charge in [-0.25, -0.2) is 0 Å². The van der Waals surface area contributed by atoms with Gasteiger partial charge < -0.3 is 10.2 Å². The van der Waals surface area contributed by atoms with E-state index in [0.29, 0.717) is 6.04 Å². The van der Waals surface area contributed by atoms with Gasteiger partial charge in [0.15, 0.2) is 0 Å². The first-order chi connectivity index (χ1) is 7.88. The Balaban J connectivity index is 1.65. The number of hydrogen-bond donors (Lipinski definition) is 1. The molecule has 0 amide bonds. The fraction of sp³-hybridized carbons (Fsp3) is 0.818. The van der Waals surface area contributed by atoms with Gasteiger partial charge in [0.2, 0.25) is 0 Å². The van der Waals surface area contributed by atoms with Crippen LogP contribution in [-0.2, 0) is 6.54 Å². The van der Waals surface area contributed by atoms with Gasteiger partial charge >= 0.3 is 0 Å². The molecule has 1 aliphatic rings. The van der Waals surface area contributed by atoms with E-state index in [2.05, 4.69) is 27.6 Å². The number of likely N-dealkylation sites (tertiary alicyclic amines) is 1. The van der Waals surface area contributed by atoms with Crippen molar-refractivity contribution in [2.75, 3.05) is 26.7 Å². The summed E-state index contributed by atoms with van der Waals surface area (Å²) in [6.45, 7) is 4.57. The van der Waals surface area contributed by atoms with Crippen molar-refractivity contribution in [2.24, 2.45) is 0 Å². The summed E-state index contributed by atoms with van der Waals surface area (Å²) in [7, 11) is 2.06. The Bertz CT molecular complexity index is 285. The Kier molecular flexibility index (Phi) is 4.30. The van der Waals surface area contributed by atoms with E-state index in [9.17, 15) is 0 Å². The maximum atomic E-state index is 3.97. The first kappa shape index (κ1) is 11.5. The summed E-state index contributed by atoms with van der Waals surface area (Å²) in [6, 6.07) is 0.681. The molecule has 16 heavy (non-hydrogen) atoms. The number of nitrogens with zero attached hydrogens (tertiary/aromatic N) is 4. The highest BCUT2D eigenvalue weighted by atomic mass is 15.4. The lowest BCUT2D eigenvalue weighted by molar-refractivity contribution is 0.190. The Morgan fingerprint density at radius 3 is 3.12 bits per heavy atom. The minimum Gasteiger partial charge on any atom is -0.316 e. The van der Waals surface area contributed by atoms with Crippen LogP contribution in [0.1, 0.15) is 19.3 Å². The molecule has 2 rings (SSSR count). The minimum absolute atomic E-state index is 0.681. The number of piperidine rings is 1. The molecule has 90 valence electrons. The maximum absolute atomic E-state index is 3.97. The zero-order valence-corrected chi connectivity index (χ0v) is 9.97. The second kappa shape index (κ2) is 5.96. The lowest BCUT2D eigenvalue weighted by Gasteiger charge is -2.32. The summed E-state index contributed by atoms with van der Waals surface area (Å²) in [5.41, 5.74) is 0. The van der Waals surface area contributed by atoms with Gasteiger partial charge in [-0.05, 0) is 39.4 Å². The summed E-state index contributed by atoms with van der Waals surface area (Å²) in [5, 5.41) is 11.1. The molecular formula is C11H21N5. The predicted molar refractivity (Wildman–Crippen MR) is 63.2 cm³/mol. The number of nitrogens with one attached hydrogen (secondary N) is 1. The molecule has 1 fully saturated rings. The lowest BCUT2D eigenvalue weighted by Crippen LogP contribution is -2.44. The van der Waals surface area contributed by atoms with Gasteiger partial charge in [-0.1, -0.05) is 5.21 Å². The number of hydrogen-bond acceptors (Lipinski definition) is 4. The average Bonchev–Trinajstić information content (AvgIpc) is 2.82. The van der Waals surface area contributed by atoms with Crippen molar-refractivity contribution in [1.82, 2.24) is 25.2 Å². The molecule has 0 radical (unpaired) electrons. The van der Waals surface area contributed by atoms with Crippen LogP contribution in [0, 0.1) is 0 Å². The van der Waals surface area contributed by atoms with Gasteiger partial charge in [-0.3, -0.25) is 4.68 Å². The molecule has 1 unspecified atom stereocenters. The molecule has 1 saturated heterocycles. The fourth-order valence-corrected chi connectivity index (χ4v) is 2.30. The molecule has 5 heteroatoms. The largest absolute Gasteiger partial charge is 0.316 e. The third kappa shape index (κ3) is 3.28. The van der Waals surface area contributed by atoms with Gasteiger partial charge in [0, 0.05) is 25.3 Å². The minimum atomic E-state index is 0.681. The summed E-state index contributed by atoms with van der Waals surface area (Å²) in [5.74, 6) is 0. The van der Waals surface area contributed by atoms with Gasteiger partial charge in [-0.15, -0.1) is 5.10 Å². The van der Waals surface area contributed by atoms with Gasteiger partial charge in [0.05, 0.1) is 6.20 Å². The molecule has 0 aliphatic carbocycles. The van der Waals surface area contributed by atoms with Crippen LogP contribution >= 0.6 is 0 Å². The van der Waals surface area contributed by atoms with Crippen LogP contribution in [0.2, 0.25) is 0 Å². The van der Waals surface area contributed by atoms with Gasteiger partial charge in [-0.2, -0.15) is 0 Å². The van der Waals surface area contributed by atoms with Crippen molar-refractivity contribution >= 4 is 0 Å². The highest BCUT2D eigenvalue weighted by Crippen LogP contribution is 2.09. The van der Waals surface area contributed by atoms with Crippen molar-refractivity contribution in [2.45, 2.75) is 31.8 Å². The molecule has 0 bridgehead atoms. The SMILES string of the molecule is CNC1CCCN(CCCn2ccnn2)C1. The molecule has 1 aromatic rings. The van der Waals surface area contributed by atoms with Crippen LogP contribution in [0.4, 0.5) is 0 Å². The zero-order valence-electron chi connectivity index (χ0n) is 9.97. The van der Waals surface area contributed by atoms with E-state index in [0.717, 1.165) is 19.5 Å². The predicted octanol–water partition coefficient (Wildman–Crippen LogP) is 0.352. The van der Waals surface area contributed by atoms with E-state index >= 15 is 0 Å². The maximum Gasteiger partial charge on any atom is 0.0692 e. The Labute approximate surface area is 96.8 Å². The van der Waals surface area contributed by atoms with Crippen LogP contribution in [-0.4, -0.2) is 52.6 Å². The van der Waals surface area contributed by atoms with E-state index in [1.165, 1.54) is 25.9 Å². The van der Waals surface area contributed by atoms with Gasteiger partial charge in [0.25, 0.3) is 0 Å². The van der Waals surface area contributed by atoms with Crippen molar-refractivity contribution < 1.29 is 0 Å². The van der Waals surface area contributed by atoms with Crippen molar-refractivity contribution in [3.63, 3.8) is 0 Å². The first-order valence-electron chi connectivity index (χ1n) is 6.12. The Morgan fingerprint density at radius 2 is 2.38 bits per heavy atom. The van der Waals surface area contributed by atoms with E-state index < -0.39 is 0 Å². The topological polar surface area (TPSA) is 46.0 Å². The second-order valence-corrected chi connectivity index (χ2v) is 4.45. The number of rotatable bonds is 5. The summed E-state index contributed by atoms with van der Waals surface area (Å²) in [4.78, 5) is 2.54. The average molecular weight is 223 g/mol. The lowest BCUT2D eigenvalue weighted by atomic mass is 10.1. The molecule has 0 spiro atoms.